The lowest BCUT2D eigenvalue weighted by molar-refractivity contribution is 0.187. The first-order valence-corrected chi connectivity index (χ1v) is 5.94. The number of rotatable bonds is 4. The highest BCUT2D eigenvalue weighted by molar-refractivity contribution is 14.0. The third-order valence-corrected chi connectivity index (χ3v) is 3.07. The molecule has 0 heterocycles. The van der Waals surface area contributed by atoms with Gasteiger partial charge in [-0.05, 0) is 18.4 Å². The summed E-state index contributed by atoms with van der Waals surface area (Å²) < 4.78 is 0. The number of benzene rings is 1. The molecule has 2 rings (SSSR count). The molecule has 18 heavy (non-hydrogen) atoms. The van der Waals surface area contributed by atoms with Crippen molar-refractivity contribution in [1.29, 1.82) is 0 Å². The molecule has 1 aromatic rings. The van der Waals surface area contributed by atoms with Crippen molar-refractivity contribution in [2.45, 2.75) is 25.0 Å². The lowest BCUT2D eigenvalue weighted by Crippen LogP contribution is -2.36. The average molecular weight is 361 g/mol. The predicted octanol–water partition coefficient (Wildman–Crippen LogP) is 1.75. The van der Waals surface area contributed by atoms with E-state index in [9.17, 15) is 5.11 Å². The molecular weight excluding hydrogens is 341 g/mol. The summed E-state index contributed by atoms with van der Waals surface area (Å²) >= 11 is 0. The first-order chi connectivity index (χ1) is 8.18. The van der Waals surface area contributed by atoms with Crippen molar-refractivity contribution < 1.29 is 5.11 Å². The van der Waals surface area contributed by atoms with Crippen LogP contribution in [0.3, 0.4) is 0 Å². The summed E-state index contributed by atoms with van der Waals surface area (Å²) in [5, 5.41) is 9.92. The fraction of sp³-hybridized carbons (Fsp3) is 0.462. The molecule has 0 radical (unpaired) electrons. The van der Waals surface area contributed by atoms with Crippen molar-refractivity contribution in [2.24, 2.45) is 10.7 Å². The summed E-state index contributed by atoms with van der Waals surface area (Å²) in [5.41, 5.74) is 6.72. The molecule has 1 aromatic carbocycles. The van der Waals surface area contributed by atoms with Gasteiger partial charge in [0.15, 0.2) is 5.96 Å². The summed E-state index contributed by atoms with van der Waals surface area (Å²) in [7, 11) is 1.95. The maximum absolute atomic E-state index is 9.92. The minimum atomic E-state index is -0.581. The van der Waals surface area contributed by atoms with Crippen LogP contribution >= 0.6 is 24.0 Å². The summed E-state index contributed by atoms with van der Waals surface area (Å²) in [4.78, 5) is 6.22. The Morgan fingerprint density at radius 2 is 2.06 bits per heavy atom. The number of guanidine groups is 1. The van der Waals surface area contributed by atoms with Crippen molar-refractivity contribution in [3.05, 3.63) is 35.9 Å². The molecule has 1 aliphatic rings. The Morgan fingerprint density at radius 3 is 2.61 bits per heavy atom. The van der Waals surface area contributed by atoms with Gasteiger partial charge in [-0.15, -0.1) is 24.0 Å². The highest BCUT2D eigenvalue weighted by Gasteiger charge is 2.27. The molecule has 0 aromatic heterocycles. The zero-order chi connectivity index (χ0) is 12.3. The Hall–Kier alpha value is -0.820. The average Bonchev–Trinajstić information content (AvgIpc) is 3.20. The molecule has 0 aliphatic heterocycles. The quantitative estimate of drug-likeness (QED) is 0.488. The van der Waals surface area contributed by atoms with Gasteiger partial charge in [-0.2, -0.15) is 0 Å². The van der Waals surface area contributed by atoms with Crippen LogP contribution in [-0.4, -0.2) is 35.6 Å². The van der Waals surface area contributed by atoms with E-state index in [0.29, 0.717) is 18.5 Å². The molecule has 1 fully saturated rings. The molecule has 1 aliphatic carbocycles. The number of halogens is 1. The van der Waals surface area contributed by atoms with Gasteiger partial charge in [0.25, 0.3) is 0 Å². The fourth-order valence-electron chi connectivity index (χ4n) is 1.72. The van der Waals surface area contributed by atoms with Crippen molar-refractivity contribution >= 4 is 29.9 Å². The van der Waals surface area contributed by atoms with E-state index in [1.54, 1.807) is 0 Å². The Labute approximate surface area is 125 Å². The Bertz CT molecular complexity index is 392. The van der Waals surface area contributed by atoms with Gasteiger partial charge in [-0.1, -0.05) is 30.3 Å². The molecule has 1 unspecified atom stereocenters. The first-order valence-electron chi connectivity index (χ1n) is 5.94. The standard InChI is InChI=1S/C13H19N3O.HI/c1-16(11-7-8-11)13(14)15-9-12(17)10-5-3-2-4-6-10;/h2-6,11-12,17H,7-9H2,1H3,(H2,14,15);1H. The molecule has 100 valence electrons. The maximum Gasteiger partial charge on any atom is 0.191 e. The Kier molecular flexibility index (Phi) is 5.87. The van der Waals surface area contributed by atoms with Gasteiger partial charge < -0.3 is 15.7 Å². The number of nitrogens with zero attached hydrogens (tertiary/aromatic N) is 2. The summed E-state index contributed by atoms with van der Waals surface area (Å²) in [6, 6.07) is 10.1. The smallest absolute Gasteiger partial charge is 0.191 e. The Morgan fingerprint density at radius 1 is 1.44 bits per heavy atom. The minimum Gasteiger partial charge on any atom is -0.386 e. The number of aliphatic hydroxyl groups is 1. The van der Waals surface area contributed by atoms with Crippen LogP contribution in [0.4, 0.5) is 0 Å². The minimum absolute atomic E-state index is 0. The highest BCUT2D eigenvalue weighted by Crippen LogP contribution is 2.25. The van der Waals surface area contributed by atoms with Gasteiger partial charge in [0.2, 0.25) is 0 Å². The van der Waals surface area contributed by atoms with E-state index in [2.05, 4.69) is 4.99 Å². The SMILES string of the molecule is CN(C(N)=NCC(O)c1ccccc1)C1CC1.I. The van der Waals surface area contributed by atoms with Crippen LogP contribution in [0.2, 0.25) is 0 Å². The van der Waals surface area contributed by atoms with Gasteiger partial charge in [-0.3, -0.25) is 4.99 Å². The Balaban J connectivity index is 0.00000162. The van der Waals surface area contributed by atoms with E-state index in [1.807, 2.05) is 42.3 Å². The number of nitrogens with two attached hydrogens (primary N) is 1. The van der Waals surface area contributed by atoms with E-state index in [0.717, 1.165) is 5.56 Å². The third kappa shape index (κ3) is 4.13. The zero-order valence-corrected chi connectivity index (χ0v) is 12.8. The molecular formula is C13H20IN3O. The van der Waals surface area contributed by atoms with Crippen LogP contribution in [-0.2, 0) is 0 Å². The third-order valence-electron chi connectivity index (χ3n) is 3.07. The van der Waals surface area contributed by atoms with Crippen molar-refractivity contribution in [3.8, 4) is 0 Å². The topological polar surface area (TPSA) is 61.8 Å². The van der Waals surface area contributed by atoms with Crippen LogP contribution in [0.5, 0.6) is 0 Å². The van der Waals surface area contributed by atoms with E-state index in [1.165, 1.54) is 12.8 Å². The molecule has 4 nitrogen and oxygen atoms in total. The fourth-order valence-corrected chi connectivity index (χ4v) is 1.72. The van der Waals surface area contributed by atoms with Gasteiger partial charge >= 0.3 is 0 Å². The first kappa shape index (κ1) is 15.2. The second-order valence-corrected chi connectivity index (χ2v) is 4.47. The van der Waals surface area contributed by atoms with E-state index < -0.39 is 6.10 Å². The van der Waals surface area contributed by atoms with Gasteiger partial charge in [0.1, 0.15) is 0 Å². The molecule has 0 saturated heterocycles. The summed E-state index contributed by atoms with van der Waals surface area (Å²) in [6.45, 7) is 0.312. The van der Waals surface area contributed by atoms with Crippen LogP contribution in [0, 0.1) is 0 Å². The highest BCUT2D eigenvalue weighted by atomic mass is 127. The molecule has 0 spiro atoms. The normalized spacial score (nSPS) is 16.9. The molecule has 3 N–H and O–H groups in total. The largest absolute Gasteiger partial charge is 0.386 e. The second kappa shape index (κ2) is 6.94. The van der Waals surface area contributed by atoms with Gasteiger partial charge in [0, 0.05) is 13.1 Å². The maximum atomic E-state index is 9.92. The summed E-state index contributed by atoms with van der Waals surface area (Å²) in [6.07, 6.45) is 1.80. The van der Waals surface area contributed by atoms with Crippen molar-refractivity contribution in [3.63, 3.8) is 0 Å². The monoisotopic (exact) mass is 361 g/mol. The van der Waals surface area contributed by atoms with E-state index in [4.69, 9.17) is 5.73 Å². The van der Waals surface area contributed by atoms with Gasteiger partial charge in [-0.25, -0.2) is 0 Å². The number of aliphatic imine (C=N–C) groups is 1. The van der Waals surface area contributed by atoms with E-state index in [-0.39, 0.29) is 24.0 Å². The summed E-state index contributed by atoms with van der Waals surface area (Å²) in [5.74, 6) is 0.516. The predicted molar refractivity (Wildman–Crippen MR) is 84.1 cm³/mol. The van der Waals surface area contributed by atoms with Crippen molar-refractivity contribution in [2.75, 3.05) is 13.6 Å². The second-order valence-electron chi connectivity index (χ2n) is 4.47. The van der Waals surface area contributed by atoms with E-state index >= 15 is 0 Å². The molecule has 1 atom stereocenters. The number of hydrogen-bond donors (Lipinski definition) is 2. The van der Waals surface area contributed by atoms with Gasteiger partial charge in [0.05, 0.1) is 12.6 Å². The molecule has 0 bridgehead atoms. The number of hydrogen-bond acceptors (Lipinski definition) is 2. The van der Waals surface area contributed by atoms with Crippen LogP contribution in [0.1, 0.15) is 24.5 Å². The van der Waals surface area contributed by atoms with Crippen LogP contribution in [0.25, 0.3) is 0 Å². The number of aliphatic hydroxyl groups excluding tert-OH is 1. The van der Waals surface area contributed by atoms with Crippen molar-refractivity contribution in [1.82, 2.24) is 4.90 Å². The molecule has 5 heteroatoms. The lowest BCUT2D eigenvalue weighted by atomic mass is 10.1. The zero-order valence-electron chi connectivity index (χ0n) is 10.5. The molecule has 0 amide bonds. The lowest BCUT2D eigenvalue weighted by Gasteiger charge is -2.17. The van der Waals surface area contributed by atoms with Crippen LogP contribution in [0.15, 0.2) is 35.3 Å². The van der Waals surface area contributed by atoms with Crippen LogP contribution < -0.4 is 5.73 Å². The molecule has 1 saturated carbocycles.